The lowest BCUT2D eigenvalue weighted by Crippen LogP contribution is -2.40. The van der Waals surface area contributed by atoms with E-state index in [2.05, 4.69) is 12.2 Å². The van der Waals surface area contributed by atoms with Crippen molar-refractivity contribution in [2.75, 3.05) is 43.1 Å². The fourth-order valence-electron chi connectivity index (χ4n) is 4.17. The molecule has 0 aliphatic carbocycles. The Morgan fingerprint density at radius 3 is 2.48 bits per heavy atom. The topological polar surface area (TPSA) is 96.0 Å². The lowest BCUT2D eigenvalue weighted by Gasteiger charge is -2.27. The highest BCUT2D eigenvalue weighted by molar-refractivity contribution is 7.89. The Bertz CT molecular complexity index is 1140. The van der Waals surface area contributed by atoms with E-state index in [1.807, 2.05) is 24.3 Å². The van der Waals surface area contributed by atoms with E-state index in [9.17, 15) is 18.0 Å². The van der Waals surface area contributed by atoms with Crippen molar-refractivity contribution in [2.24, 2.45) is 5.92 Å². The summed E-state index contributed by atoms with van der Waals surface area (Å²) in [6, 6.07) is 12.6. The first-order valence-corrected chi connectivity index (χ1v) is 12.6. The molecule has 2 heterocycles. The van der Waals surface area contributed by atoms with Crippen LogP contribution in [-0.4, -0.2) is 57.4 Å². The van der Waals surface area contributed by atoms with Gasteiger partial charge in [0.1, 0.15) is 0 Å². The van der Waals surface area contributed by atoms with Crippen LogP contribution >= 0.6 is 0 Å². The van der Waals surface area contributed by atoms with Crippen molar-refractivity contribution in [3.63, 3.8) is 0 Å². The summed E-state index contributed by atoms with van der Waals surface area (Å²) in [4.78, 5) is 27.3. The van der Waals surface area contributed by atoms with Gasteiger partial charge < -0.3 is 15.0 Å². The Morgan fingerprint density at radius 2 is 1.82 bits per heavy atom. The van der Waals surface area contributed by atoms with E-state index in [0.717, 1.165) is 12.1 Å². The molecule has 2 fully saturated rings. The molecule has 0 aromatic heterocycles. The van der Waals surface area contributed by atoms with Crippen LogP contribution in [0.4, 0.5) is 11.4 Å². The second-order valence-electron chi connectivity index (χ2n) is 8.41. The molecule has 2 amide bonds. The Kier molecular flexibility index (Phi) is 6.83. The number of benzene rings is 2. The molecule has 2 aromatic rings. The first-order valence-electron chi connectivity index (χ1n) is 11.2. The second-order valence-corrected chi connectivity index (χ2v) is 10.3. The van der Waals surface area contributed by atoms with Crippen molar-refractivity contribution >= 4 is 33.2 Å². The van der Waals surface area contributed by atoms with Crippen molar-refractivity contribution in [3.8, 4) is 0 Å². The number of amides is 2. The molecular weight excluding hydrogens is 442 g/mol. The number of sulfonamides is 1. The van der Waals surface area contributed by atoms with Crippen LogP contribution in [0, 0.1) is 12.8 Å². The van der Waals surface area contributed by atoms with Crippen LogP contribution < -0.4 is 10.2 Å². The summed E-state index contributed by atoms with van der Waals surface area (Å²) >= 11 is 0. The van der Waals surface area contributed by atoms with Crippen LogP contribution in [0.25, 0.3) is 0 Å². The molecule has 8 nitrogen and oxygen atoms in total. The first-order chi connectivity index (χ1) is 15.8. The minimum absolute atomic E-state index is 0.0983. The number of carbonyl (C=O) groups excluding carboxylic acids is 2. The molecule has 0 radical (unpaired) electrons. The number of ether oxygens (including phenoxy) is 1. The average Bonchev–Trinajstić information content (AvgIpc) is 3.22. The normalized spacial score (nSPS) is 19.6. The van der Waals surface area contributed by atoms with Gasteiger partial charge >= 0.3 is 0 Å². The van der Waals surface area contributed by atoms with E-state index in [1.165, 1.54) is 15.9 Å². The highest BCUT2D eigenvalue weighted by Crippen LogP contribution is 2.28. The van der Waals surface area contributed by atoms with Crippen molar-refractivity contribution in [2.45, 2.75) is 31.6 Å². The van der Waals surface area contributed by atoms with E-state index in [1.54, 1.807) is 24.0 Å². The van der Waals surface area contributed by atoms with Gasteiger partial charge in [0.25, 0.3) is 0 Å². The van der Waals surface area contributed by atoms with Gasteiger partial charge in [0.2, 0.25) is 21.8 Å². The molecule has 2 aliphatic heterocycles. The van der Waals surface area contributed by atoms with Crippen molar-refractivity contribution in [1.82, 2.24) is 4.31 Å². The van der Waals surface area contributed by atoms with Crippen LogP contribution in [0.3, 0.4) is 0 Å². The lowest BCUT2D eigenvalue weighted by atomic mass is 10.1. The van der Waals surface area contributed by atoms with Gasteiger partial charge in [-0.2, -0.15) is 4.31 Å². The predicted molar refractivity (Wildman–Crippen MR) is 126 cm³/mol. The van der Waals surface area contributed by atoms with Gasteiger partial charge in [-0.3, -0.25) is 9.59 Å². The van der Waals surface area contributed by atoms with Gasteiger partial charge in [-0.25, -0.2) is 8.42 Å². The zero-order valence-corrected chi connectivity index (χ0v) is 19.7. The molecule has 0 spiro atoms. The maximum absolute atomic E-state index is 13.1. The van der Waals surface area contributed by atoms with Crippen LogP contribution in [0.15, 0.2) is 47.4 Å². The monoisotopic (exact) mass is 471 g/mol. The molecular formula is C24H29N3O5S. The number of hydrogen-bond donors (Lipinski definition) is 1. The third-order valence-corrected chi connectivity index (χ3v) is 8.24. The smallest absolute Gasteiger partial charge is 0.243 e. The zero-order valence-electron chi connectivity index (χ0n) is 18.9. The highest BCUT2D eigenvalue weighted by Gasteiger charge is 2.35. The van der Waals surface area contributed by atoms with Gasteiger partial charge in [-0.05, 0) is 48.7 Å². The molecule has 2 aliphatic rings. The number of rotatable bonds is 6. The van der Waals surface area contributed by atoms with Gasteiger partial charge in [-0.15, -0.1) is 0 Å². The first kappa shape index (κ1) is 23.4. The second kappa shape index (κ2) is 9.62. The summed E-state index contributed by atoms with van der Waals surface area (Å²) in [6.45, 7) is 5.43. The van der Waals surface area contributed by atoms with E-state index in [0.29, 0.717) is 44.1 Å². The van der Waals surface area contributed by atoms with E-state index >= 15 is 0 Å². The minimum Gasteiger partial charge on any atom is -0.379 e. The number of anilines is 2. The molecule has 9 heteroatoms. The number of nitrogens with one attached hydrogen (secondary N) is 1. The maximum Gasteiger partial charge on any atom is 0.243 e. The summed E-state index contributed by atoms with van der Waals surface area (Å²) < 4.78 is 32.9. The molecule has 0 unspecified atom stereocenters. The molecule has 0 saturated carbocycles. The third-order valence-electron chi connectivity index (χ3n) is 6.20. The van der Waals surface area contributed by atoms with E-state index < -0.39 is 15.9 Å². The molecule has 2 aromatic carbocycles. The van der Waals surface area contributed by atoms with Gasteiger partial charge in [0.15, 0.2) is 0 Å². The lowest BCUT2D eigenvalue weighted by molar-refractivity contribution is -0.122. The van der Waals surface area contributed by atoms with Crippen LogP contribution in [0.5, 0.6) is 0 Å². The molecule has 0 bridgehead atoms. The maximum atomic E-state index is 13.1. The van der Waals surface area contributed by atoms with E-state index in [4.69, 9.17) is 4.74 Å². The molecule has 2 saturated heterocycles. The Balaban J connectivity index is 1.47. The van der Waals surface area contributed by atoms with Crippen molar-refractivity contribution in [1.29, 1.82) is 0 Å². The van der Waals surface area contributed by atoms with Crippen LogP contribution in [0.2, 0.25) is 0 Å². The Hall–Kier alpha value is -2.75. The molecule has 4 rings (SSSR count). The zero-order chi connectivity index (χ0) is 23.6. The number of carbonyl (C=O) groups is 2. The Morgan fingerprint density at radius 1 is 1.12 bits per heavy atom. The van der Waals surface area contributed by atoms with Gasteiger partial charge in [0, 0.05) is 37.4 Å². The van der Waals surface area contributed by atoms with E-state index in [-0.39, 0.29) is 23.1 Å². The number of hydrogen-bond acceptors (Lipinski definition) is 5. The number of aryl methyl sites for hydroxylation is 2. The summed E-state index contributed by atoms with van der Waals surface area (Å²) in [7, 11) is -3.69. The van der Waals surface area contributed by atoms with Crippen LogP contribution in [-0.2, 0) is 30.8 Å². The predicted octanol–water partition coefficient (Wildman–Crippen LogP) is 2.57. The summed E-state index contributed by atoms with van der Waals surface area (Å²) in [5.74, 6) is -0.905. The molecule has 33 heavy (non-hydrogen) atoms. The van der Waals surface area contributed by atoms with Crippen molar-refractivity contribution in [3.05, 3.63) is 53.6 Å². The number of morpholine rings is 1. The molecule has 1 N–H and O–H groups in total. The molecule has 1 atom stereocenters. The van der Waals surface area contributed by atoms with Gasteiger partial charge in [-0.1, -0.05) is 25.1 Å². The highest BCUT2D eigenvalue weighted by atomic mass is 32.2. The fraction of sp³-hybridized carbons (Fsp3) is 0.417. The third kappa shape index (κ3) is 4.95. The summed E-state index contributed by atoms with van der Waals surface area (Å²) in [5.41, 5.74) is 2.97. The molecule has 176 valence electrons. The fourth-order valence-corrected chi connectivity index (χ4v) is 5.83. The summed E-state index contributed by atoms with van der Waals surface area (Å²) in [5, 5.41) is 2.81. The largest absolute Gasteiger partial charge is 0.379 e. The quantitative estimate of drug-likeness (QED) is 0.699. The van der Waals surface area contributed by atoms with Gasteiger partial charge in [0.05, 0.1) is 24.0 Å². The van der Waals surface area contributed by atoms with Crippen molar-refractivity contribution < 1.29 is 22.7 Å². The summed E-state index contributed by atoms with van der Waals surface area (Å²) in [6.07, 6.45) is 1.03. The van der Waals surface area contributed by atoms with Crippen LogP contribution in [0.1, 0.15) is 24.5 Å². The SMILES string of the molecule is CCc1ccc(N2C[C@H](C(=O)Nc3ccc(C)c(S(=O)(=O)N4CCOCC4)c3)CC2=O)cc1. The standard InChI is InChI=1S/C24H29N3O5S/c1-3-18-5-8-21(9-6-18)27-16-19(14-23(27)28)24(29)25-20-7-4-17(2)22(15-20)33(30,31)26-10-12-32-13-11-26/h4-9,15,19H,3,10-14,16H2,1-2H3,(H,25,29)/t19-/m1/s1. The Labute approximate surface area is 194 Å². The minimum atomic E-state index is -3.69. The number of nitrogens with zero attached hydrogens (tertiary/aromatic N) is 2. The average molecular weight is 472 g/mol.